The summed E-state index contributed by atoms with van der Waals surface area (Å²) in [7, 11) is 0. The number of nitrogens with zero attached hydrogens (tertiary/aromatic N) is 1. The van der Waals surface area contributed by atoms with Crippen molar-refractivity contribution < 1.29 is 9.15 Å². The summed E-state index contributed by atoms with van der Waals surface area (Å²) < 4.78 is 10.9. The molecule has 3 heteroatoms. The molecule has 3 aromatic rings. The Bertz CT molecular complexity index is 616. The van der Waals surface area contributed by atoms with Crippen molar-refractivity contribution >= 4 is 11.0 Å². The predicted octanol–water partition coefficient (Wildman–Crippen LogP) is 3.21. The lowest BCUT2D eigenvalue weighted by atomic mass is 10.2. The Kier molecular flexibility index (Phi) is 2.50. The van der Waals surface area contributed by atoms with Crippen LogP contribution in [-0.2, 0) is 6.61 Å². The van der Waals surface area contributed by atoms with Gasteiger partial charge in [0, 0.05) is 6.20 Å². The van der Waals surface area contributed by atoms with Crippen LogP contribution in [0, 0.1) is 6.26 Å². The molecule has 0 saturated carbocycles. The van der Waals surface area contributed by atoms with E-state index >= 15 is 0 Å². The average Bonchev–Trinajstić information content (AvgIpc) is 2.81. The Morgan fingerprint density at radius 3 is 2.88 bits per heavy atom. The second kappa shape index (κ2) is 4.29. The van der Waals surface area contributed by atoms with Gasteiger partial charge in [0.2, 0.25) is 6.26 Å². The van der Waals surface area contributed by atoms with Gasteiger partial charge in [-0.05, 0) is 24.3 Å². The minimum absolute atomic E-state index is 0.418. The van der Waals surface area contributed by atoms with Crippen molar-refractivity contribution in [2.75, 3.05) is 0 Å². The van der Waals surface area contributed by atoms with Gasteiger partial charge in [0.25, 0.3) is 0 Å². The number of ether oxygens (including phenoxy) is 1. The normalized spacial score (nSPS) is 10.6. The quantitative estimate of drug-likeness (QED) is 0.685. The van der Waals surface area contributed by atoms with E-state index in [-0.39, 0.29) is 0 Å². The molecule has 0 saturated heterocycles. The first-order chi connectivity index (χ1) is 8.43. The molecule has 0 aliphatic heterocycles. The van der Waals surface area contributed by atoms with Gasteiger partial charge in [0.1, 0.15) is 12.2 Å². The summed E-state index contributed by atoms with van der Waals surface area (Å²) in [4.78, 5) is 4.19. The molecule has 83 valence electrons. The molecule has 2 heterocycles. The number of benzene rings is 1. The first-order valence-electron chi connectivity index (χ1n) is 5.35. The summed E-state index contributed by atoms with van der Waals surface area (Å²) in [5.74, 6) is 0.631. The van der Waals surface area contributed by atoms with Gasteiger partial charge in [-0.3, -0.25) is 4.98 Å². The van der Waals surface area contributed by atoms with E-state index in [1.807, 2.05) is 42.5 Å². The topological polar surface area (TPSA) is 35.3 Å². The van der Waals surface area contributed by atoms with Crippen molar-refractivity contribution in [3.8, 4) is 5.75 Å². The van der Waals surface area contributed by atoms with Crippen molar-refractivity contribution in [1.82, 2.24) is 4.98 Å². The van der Waals surface area contributed by atoms with Gasteiger partial charge in [0.05, 0.1) is 11.1 Å². The van der Waals surface area contributed by atoms with Gasteiger partial charge < -0.3 is 9.15 Å². The second-order valence-corrected chi connectivity index (χ2v) is 3.64. The Balaban J connectivity index is 1.82. The summed E-state index contributed by atoms with van der Waals surface area (Å²) in [5.41, 5.74) is 1.66. The Morgan fingerprint density at radius 1 is 1.12 bits per heavy atom. The summed E-state index contributed by atoms with van der Waals surface area (Å²) in [5, 5.41) is 0.934. The SMILES string of the molecule is [c]1oc2ccccc2c1OCc1ccccn1. The molecule has 3 rings (SSSR count). The molecule has 0 N–H and O–H groups in total. The maximum absolute atomic E-state index is 5.63. The largest absolute Gasteiger partial charge is 0.482 e. The zero-order valence-electron chi connectivity index (χ0n) is 9.09. The van der Waals surface area contributed by atoms with Crippen molar-refractivity contribution in [3.05, 3.63) is 60.6 Å². The van der Waals surface area contributed by atoms with Gasteiger partial charge in [-0.2, -0.15) is 0 Å². The van der Waals surface area contributed by atoms with Gasteiger partial charge >= 0.3 is 0 Å². The van der Waals surface area contributed by atoms with Gasteiger partial charge in [0.15, 0.2) is 5.75 Å². The molecule has 2 aromatic heterocycles. The summed E-state index contributed by atoms with van der Waals surface area (Å²) >= 11 is 0. The van der Waals surface area contributed by atoms with E-state index in [1.54, 1.807) is 6.20 Å². The van der Waals surface area contributed by atoms with Crippen LogP contribution >= 0.6 is 0 Å². The van der Waals surface area contributed by atoms with Gasteiger partial charge in [-0.1, -0.05) is 18.2 Å². The van der Waals surface area contributed by atoms with E-state index in [9.17, 15) is 0 Å². The third-order valence-corrected chi connectivity index (χ3v) is 2.48. The fraction of sp³-hybridized carbons (Fsp3) is 0.0714. The second-order valence-electron chi connectivity index (χ2n) is 3.64. The number of hydrogen-bond donors (Lipinski definition) is 0. The zero-order valence-corrected chi connectivity index (χ0v) is 9.09. The molecule has 0 aliphatic rings. The van der Waals surface area contributed by atoms with Crippen LogP contribution < -0.4 is 4.74 Å². The van der Waals surface area contributed by atoms with Gasteiger partial charge in [-0.25, -0.2) is 0 Å². The molecular weight excluding hydrogens is 214 g/mol. The van der Waals surface area contributed by atoms with Crippen LogP contribution in [0.4, 0.5) is 0 Å². The molecular formula is C14H10NO2. The molecule has 3 nitrogen and oxygen atoms in total. The van der Waals surface area contributed by atoms with Crippen LogP contribution in [0.15, 0.2) is 53.1 Å². The highest BCUT2D eigenvalue weighted by atomic mass is 16.5. The van der Waals surface area contributed by atoms with Crippen molar-refractivity contribution in [3.63, 3.8) is 0 Å². The number of hydrogen-bond acceptors (Lipinski definition) is 3. The van der Waals surface area contributed by atoms with E-state index < -0.39 is 0 Å². The number of fused-ring (bicyclic) bond motifs is 1. The number of aromatic nitrogens is 1. The highest BCUT2D eigenvalue weighted by Crippen LogP contribution is 2.27. The third kappa shape index (κ3) is 1.99. The lowest BCUT2D eigenvalue weighted by Crippen LogP contribution is -1.96. The number of rotatable bonds is 3. The van der Waals surface area contributed by atoms with Crippen molar-refractivity contribution in [1.29, 1.82) is 0 Å². The van der Waals surface area contributed by atoms with Crippen LogP contribution in [-0.4, -0.2) is 4.98 Å². The van der Waals surface area contributed by atoms with Crippen LogP contribution in [0.1, 0.15) is 5.69 Å². The summed E-state index contributed by atoms with van der Waals surface area (Å²) in [6.07, 6.45) is 4.50. The van der Waals surface area contributed by atoms with Crippen LogP contribution in [0.25, 0.3) is 11.0 Å². The molecule has 1 radical (unpaired) electrons. The summed E-state index contributed by atoms with van der Waals surface area (Å²) in [6, 6.07) is 13.4. The van der Waals surface area contributed by atoms with E-state index in [0.717, 1.165) is 16.7 Å². The first-order valence-corrected chi connectivity index (χ1v) is 5.35. The van der Waals surface area contributed by atoms with E-state index in [4.69, 9.17) is 9.15 Å². The van der Waals surface area contributed by atoms with Crippen LogP contribution in [0.3, 0.4) is 0 Å². The van der Waals surface area contributed by atoms with Crippen molar-refractivity contribution in [2.24, 2.45) is 0 Å². The Labute approximate surface area is 98.7 Å². The molecule has 0 amide bonds. The first kappa shape index (κ1) is 9.90. The predicted molar refractivity (Wildman–Crippen MR) is 63.6 cm³/mol. The smallest absolute Gasteiger partial charge is 0.216 e. The monoisotopic (exact) mass is 224 g/mol. The molecule has 0 aliphatic carbocycles. The zero-order chi connectivity index (χ0) is 11.5. The number of pyridine rings is 1. The fourth-order valence-electron chi connectivity index (χ4n) is 1.64. The van der Waals surface area contributed by atoms with E-state index in [0.29, 0.717) is 12.4 Å². The minimum atomic E-state index is 0.418. The highest BCUT2D eigenvalue weighted by molar-refractivity contribution is 5.83. The van der Waals surface area contributed by atoms with Crippen LogP contribution in [0.2, 0.25) is 0 Å². The van der Waals surface area contributed by atoms with Gasteiger partial charge in [-0.15, -0.1) is 0 Å². The van der Waals surface area contributed by atoms with E-state index in [1.165, 1.54) is 0 Å². The Morgan fingerprint density at radius 2 is 2.00 bits per heavy atom. The molecule has 0 atom stereocenters. The molecule has 17 heavy (non-hydrogen) atoms. The maximum Gasteiger partial charge on any atom is 0.216 e. The maximum atomic E-state index is 5.63. The average molecular weight is 224 g/mol. The lowest BCUT2D eigenvalue weighted by Gasteiger charge is -2.02. The van der Waals surface area contributed by atoms with E-state index in [2.05, 4.69) is 11.2 Å². The molecule has 0 fully saturated rings. The minimum Gasteiger partial charge on any atom is -0.482 e. The standard InChI is InChI=1S/C14H10NO2/c1-2-7-13-12(6-1)14(10-17-13)16-9-11-5-3-4-8-15-11/h1-8H,9H2. The fourth-order valence-corrected chi connectivity index (χ4v) is 1.64. The van der Waals surface area contributed by atoms with Crippen LogP contribution in [0.5, 0.6) is 5.75 Å². The molecule has 0 bridgehead atoms. The molecule has 0 spiro atoms. The van der Waals surface area contributed by atoms with Crippen molar-refractivity contribution in [2.45, 2.75) is 6.61 Å². The third-order valence-electron chi connectivity index (χ3n) is 2.48. The Hall–Kier alpha value is -2.29. The number of para-hydroxylation sites is 1. The highest BCUT2D eigenvalue weighted by Gasteiger charge is 2.07. The lowest BCUT2D eigenvalue weighted by molar-refractivity contribution is 0.299. The molecule has 1 aromatic carbocycles. The number of furan rings is 1. The summed E-state index contributed by atoms with van der Waals surface area (Å²) in [6.45, 7) is 0.418. The molecule has 0 unspecified atom stereocenters.